The lowest BCUT2D eigenvalue weighted by Gasteiger charge is -1.98. The minimum absolute atomic E-state index is 0.763. The van der Waals surface area contributed by atoms with Gasteiger partial charge in [0.1, 0.15) is 5.82 Å². The van der Waals surface area contributed by atoms with E-state index in [0.717, 1.165) is 28.3 Å². The van der Waals surface area contributed by atoms with Gasteiger partial charge in [-0.3, -0.25) is 0 Å². The molecule has 0 unspecified atom stereocenters. The predicted molar refractivity (Wildman–Crippen MR) is 75.1 cm³/mol. The van der Waals surface area contributed by atoms with Gasteiger partial charge in [-0.15, -0.1) is 0 Å². The summed E-state index contributed by atoms with van der Waals surface area (Å²) in [6, 6.07) is 14.1. The summed E-state index contributed by atoms with van der Waals surface area (Å²) in [4.78, 5) is 7.93. The van der Waals surface area contributed by atoms with E-state index < -0.39 is 0 Å². The molecular weight excluding hydrogens is 244 g/mol. The topological polar surface area (TPSA) is 28.7 Å². The highest BCUT2D eigenvalue weighted by Gasteiger charge is 2.04. The Hall–Kier alpha value is -1.80. The van der Waals surface area contributed by atoms with Gasteiger partial charge >= 0.3 is 0 Å². The van der Waals surface area contributed by atoms with Crippen LogP contribution in [-0.4, -0.2) is 9.97 Å². The zero-order valence-electron chi connectivity index (χ0n) is 10.1. The van der Waals surface area contributed by atoms with Gasteiger partial charge < -0.3 is 4.98 Å². The largest absolute Gasteiger partial charge is 0.342 e. The maximum atomic E-state index is 5.98. The molecule has 0 spiro atoms. The second-order valence-corrected chi connectivity index (χ2v) is 4.95. The molecule has 90 valence electrons. The zero-order valence-corrected chi connectivity index (χ0v) is 10.8. The Morgan fingerprint density at radius 2 is 2.06 bits per heavy atom. The smallest absolute Gasteiger partial charge is 0.111 e. The first-order valence-electron chi connectivity index (χ1n) is 5.90. The first-order valence-corrected chi connectivity index (χ1v) is 6.28. The summed E-state index contributed by atoms with van der Waals surface area (Å²) in [5.74, 6) is 0.970. The molecule has 0 saturated heterocycles. The van der Waals surface area contributed by atoms with Crippen LogP contribution >= 0.6 is 11.6 Å². The maximum Gasteiger partial charge on any atom is 0.111 e. The van der Waals surface area contributed by atoms with Gasteiger partial charge in [0, 0.05) is 11.4 Å². The van der Waals surface area contributed by atoms with Crippen molar-refractivity contribution in [1.82, 2.24) is 9.97 Å². The maximum absolute atomic E-state index is 5.98. The van der Waals surface area contributed by atoms with Crippen molar-refractivity contribution < 1.29 is 0 Å². The summed E-state index contributed by atoms with van der Waals surface area (Å²) in [6.07, 6.45) is 0.772. The number of aryl methyl sites for hydroxylation is 1. The molecule has 2 aromatic carbocycles. The number of aromatic nitrogens is 2. The molecule has 3 aromatic rings. The Bertz CT molecular complexity index is 701. The van der Waals surface area contributed by atoms with Crippen molar-refractivity contribution in [3.8, 4) is 0 Å². The molecule has 0 aliphatic rings. The number of benzene rings is 2. The Balaban J connectivity index is 1.95. The third-order valence-electron chi connectivity index (χ3n) is 2.95. The third-order valence-corrected chi connectivity index (χ3v) is 3.18. The van der Waals surface area contributed by atoms with Crippen molar-refractivity contribution >= 4 is 22.6 Å². The number of hydrogen-bond donors (Lipinski definition) is 1. The van der Waals surface area contributed by atoms with Gasteiger partial charge in [-0.25, -0.2) is 4.98 Å². The molecule has 0 fully saturated rings. The standard InChI is InChI=1S/C15H13ClN2/c1-10-5-6-13-14(7-10)18-15(17-13)9-11-3-2-4-12(16)8-11/h2-8H,9H2,1H3,(H,17,18). The molecule has 18 heavy (non-hydrogen) atoms. The van der Waals surface area contributed by atoms with Crippen molar-refractivity contribution in [3.05, 3.63) is 64.4 Å². The number of halogens is 1. The normalized spacial score (nSPS) is 11.0. The Kier molecular flexibility index (Phi) is 2.80. The van der Waals surface area contributed by atoms with Crippen molar-refractivity contribution in [2.75, 3.05) is 0 Å². The van der Waals surface area contributed by atoms with Crippen molar-refractivity contribution in [3.63, 3.8) is 0 Å². The molecule has 0 atom stereocenters. The van der Waals surface area contributed by atoms with Gasteiger partial charge in [0.25, 0.3) is 0 Å². The highest BCUT2D eigenvalue weighted by Crippen LogP contribution is 2.17. The molecule has 1 aromatic heterocycles. The number of H-pyrrole nitrogens is 1. The molecule has 0 aliphatic carbocycles. The summed E-state index contributed by atoms with van der Waals surface area (Å²) in [7, 11) is 0. The molecule has 1 N–H and O–H groups in total. The average Bonchev–Trinajstić information content (AvgIpc) is 2.70. The number of nitrogens with zero attached hydrogens (tertiary/aromatic N) is 1. The highest BCUT2D eigenvalue weighted by atomic mass is 35.5. The minimum Gasteiger partial charge on any atom is -0.342 e. The predicted octanol–water partition coefficient (Wildman–Crippen LogP) is 4.12. The second kappa shape index (κ2) is 4.46. The first kappa shape index (κ1) is 11.3. The number of imidazole rings is 1. The van der Waals surface area contributed by atoms with E-state index in [9.17, 15) is 0 Å². The monoisotopic (exact) mass is 256 g/mol. The zero-order chi connectivity index (χ0) is 12.5. The molecular formula is C15H13ClN2. The average molecular weight is 257 g/mol. The molecule has 1 heterocycles. The lowest BCUT2D eigenvalue weighted by Crippen LogP contribution is -1.90. The number of rotatable bonds is 2. The summed E-state index contributed by atoms with van der Waals surface area (Å²) < 4.78 is 0. The van der Waals surface area contributed by atoms with Crippen LogP contribution < -0.4 is 0 Å². The van der Waals surface area contributed by atoms with Crippen LogP contribution in [0, 0.1) is 6.92 Å². The fraction of sp³-hybridized carbons (Fsp3) is 0.133. The van der Waals surface area contributed by atoms with E-state index in [-0.39, 0.29) is 0 Å². The summed E-state index contributed by atoms with van der Waals surface area (Å²) in [6.45, 7) is 2.08. The Morgan fingerprint density at radius 3 is 2.89 bits per heavy atom. The molecule has 2 nitrogen and oxygen atoms in total. The Morgan fingerprint density at radius 1 is 1.17 bits per heavy atom. The Labute approximate surface area is 111 Å². The van der Waals surface area contributed by atoms with Crippen LogP contribution in [0.1, 0.15) is 17.0 Å². The van der Waals surface area contributed by atoms with Crippen LogP contribution in [-0.2, 0) is 6.42 Å². The van der Waals surface area contributed by atoms with E-state index in [1.807, 2.05) is 24.3 Å². The van der Waals surface area contributed by atoms with Gasteiger partial charge in [-0.1, -0.05) is 29.8 Å². The summed E-state index contributed by atoms with van der Waals surface area (Å²) in [5, 5.41) is 0.763. The molecule has 0 amide bonds. The molecule has 3 rings (SSSR count). The number of fused-ring (bicyclic) bond motifs is 1. The van der Waals surface area contributed by atoms with Gasteiger partial charge in [0.15, 0.2) is 0 Å². The van der Waals surface area contributed by atoms with Gasteiger partial charge in [-0.05, 0) is 42.3 Å². The molecule has 0 aliphatic heterocycles. The third kappa shape index (κ3) is 2.24. The van der Waals surface area contributed by atoms with Crippen LogP contribution in [0.4, 0.5) is 0 Å². The second-order valence-electron chi connectivity index (χ2n) is 4.51. The number of hydrogen-bond acceptors (Lipinski definition) is 1. The van der Waals surface area contributed by atoms with Gasteiger partial charge in [-0.2, -0.15) is 0 Å². The van der Waals surface area contributed by atoms with E-state index in [0.29, 0.717) is 0 Å². The van der Waals surface area contributed by atoms with E-state index >= 15 is 0 Å². The fourth-order valence-electron chi connectivity index (χ4n) is 2.10. The van der Waals surface area contributed by atoms with Crippen molar-refractivity contribution in [2.45, 2.75) is 13.3 Å². The van der Waals surface area contributed by atoms with E-state index in [1.54, 1.807) is 0 Å². The van der Waals surface area contributed by atoms with Crippen molar-refractivity contribution in [1.29, 1.82) is 0 Å². The van der Waals surface area contributed by atoms with Crippen LogP contribution in [0.3, 0.4) is 0 Å². The van der Waals surface area contributed by atoms with Gasteiger partial charge in [0.05, 0.1) is 11.0 Å². The van der Waals surface area contributed by atoms with E-state index in [4.69, 9.17) is 11.6 Å². The summed E-state index contributed by atoms with van der Waals surface area (Å²) >= 11 is 5.98. The van der Waals surface area contributed by atoms with Crippen LogP contribution in [0.2, 0.25) is 5.02 Å². The summed E-state index contributed by atoms with van der Waals surface area (Å²) in [5.41, 5.74) is 4.50. The van der Waals surface area contributed by atoms with E-state index in [1.165, 1.54) is 11.1 Å². The van der Waals surface area contributed by atoms with Crippen LogP contribution in [0.5, 0.6) is 0 Å². The van der Waals surface area contributed by atoms with Crippen LogP contribution in [0.15, 0.2) is 42.5 Å². The highest BCUT2D eigenvalue weighted by molar-refractivity contribution is 6.30. The van der Waals surface area contributed by atoms with E-state index in [2.05, 4.69) is 35.1 Å². The molecule has 3 heteroatoms. The quantitative estimate of drug-likeness (QED) is 0.734. The minimum atomic E-state index is 0.763. The first-order chi connectivity index (χ1) is 8.70. The SMILES string of the molecule is Cc1ccc2nc(Cc3cccc(Cl)c3)[nH]c2c1. The molecule has 0 radical (unpaired) electrons. The molecule has 0 bridgehead atoms. The lowest BCUT2D eigenvalue weighted by atomic mass is 10.1. The van der Waals surface area contributed by atoms with Crippen molar-refractivity contribution in [2.24, 2.45) is 0 Å². The molecule has 0 saturated carbocycles. The lowest BCUT2D eigenvalue weighted by molar-refractivity contribution is 1.04. The number of nitrogens with one attached hydrogen (secondary N) is 1. The number of aromatic amines is 1. The van der Waals surface area contributed by atoms with Crippen LogP contribution in [0.25, 0.3) is 11.0 Å². The fourth-order valence-corrected chi connectivity index (χ4v) is 2.31. The van der Waals surface area contributed by atoms with Gasteiger partial charge in [0.2, 0.25) is 0 Å².